The number of ether oxygens (including phenoxy) is 1. The van der Waals surface area contributed by atoms with E-state index in [2.05, 4.69) is 5.32 Å². The summed E-state index contributed by atoms with van der Waals surface area (Å²) in [6.07, 6.45) is 8.78. The molecular weight excluding hydrogens is 250 g/mol. The minimum absolute atomic E-state index is 0.351. The molecule has 3 nitrogen and oxygen atoms in total. The van der Waals surface area contributed by atoms with E-state index in [1.807, 2.05) is 30.3 Å². The highest BCUT2D eigenvalue weighted by atomic mass is 16.5. The van der Waals surface area contributed by atoms with Gasteiger partial charge in [-0.3, -0.25) is 0 Å². The standard InChI is InChI=1S/C17H27NO2/c19-16(14-20-17-11-7-4-8-12-17)13-18-15-9-5-2-1-3-6-10-15/h4,7-8,11-12,15-16,18-19H,1-3,5-6,9-10,13-14H2. The Morgan fingerprint density at radius 2 is 1.70 bits per heavy atom. The fourth-order valence-corrected chi connectivity index (χ4v) is 2.73. The number of hydrogen-bond acceptors (Lipinski definition) is 3. The molecule has 0 aliphatic heterocycles. The van der Waals surface area contributed by atoms with E-state index in [0.29, 0.717) is 19.2 Å². The van der Waals surface area contributed by atoms with Crippen molar-refractivity contribution < 1.29 is 9.84 Å². The molecular formula is C17H27NO2. The first-order chi connectivity index (χ1) is 9.84. The molecule has 0 radical (unpaired) electrons. The van der Waals surface area contributed by atoms with E-state index in [4.69, 9.17) is 4.74 Å². The van der Waals surface area contributed by atoms with Crippen molar-refractivity contribution in [1.29, 1.82) is 0 Å². The summed E-state index contributed by atoms with van der Waals surface area (Å²) in [5, 5.41) is 13.5. The number of aliphatic hydroxyl groups excluding tert-OH is 1. The van der Waals surface area contributed by atoms with E-state index in [1.54, 1.807) is 0 Å². The lowest BCUT2D eigenvalue weighted by Gasteiger charge is -2.22. The third-order valence-electron chi connectivity index (χ3n) is 3.93. The first kappa shape index (κ1) is 15.3. The van der Waals surface area contributed by atoms with E-state index >= 15 is 0 Å². The van der Waals surface area contributed by atoms with Gasteiger partial charge in [0.15, 0.2) is 0 Å². The molecule has 112 valence electrons. The summed E-state index contributed by atoms with van der Waals surface area (Å²) < 4.78 is 5.56. The van der Waals surface area contributed by atoms with Gasteiger partial charge in [-0.15, -0.1) is 0 Å². The predicted molar refractivity (Wildman–Crippen MR) is 82.1 cm³/mol. The quantitative estimate of drug-likeness (QED) is 0.839. The van der Waals surface area contributed by atoms with Crippen LogP contribution in [0.3, 0.4) is 0 Å². The van der Waals surface area contributed by atoms with Crippen molar-refractivity contribution in [2.24, 2.45) is 0 Å². The zero-order valence-electron chi connectivity index (χ0n) is 12.3. The van der Waals surface area contributed by atoms with Crippen molar-refractivity contribution in [2.45, 2.75) is 57.1 Å². The molecule has 0 bridgehead atoms. The monoisotopic (exact) mass is 277 g/mol. The third kappa shape index (κ3) is 5.93. The molecule has 1 aromatic carbocycles. The van der Waals surface area contributed by atoms with Gasteiger partial charge in [0, 0.05) is 12.6 Å². The van der Waals surface area contributed by atoms with Crippen molar-refractivity contribution in [1.82, 2.24) is 5.32 Å². The first-order valence-electron chi connectivity index (χ1n) is 7.94. The highest BCUT2D eigenvalue weighted by molar-refractivity contribution is 5.20. The van der Waals surface area contributed by atoms with Gasteiger partial charge in [0.1, 0.15) is 18.5 Å². The summed E-state index contributed by atoms with van der Waals surface area (Å²) in [5.74, 6) is 0.817. The topological polar surface area (TPSA) is 41.5 Å². The lowest BCUT2D eigenvalue weighted by Crippen LogP contribution is -2.38. The highest BCUT2D eigenvalue weighted by Gasteiger charge is 2.13. The molecule has 1 fully saturated rings. The lowest BCUT2D eigenvalue weighted by atomic mass is 9.96. The van der Waals surface area contributed by atoms with Gasteiger partial charge in [-0.1, -0.05) is 50.3 Å². The fraction of sp³-hybridized carbons (Fsp3) is 0.647. The van der Waals surface area contributed by atoms with Crippen LogP contribution in [0.4, 0.5) is 0 Å². The number of rotatable bonds is 6. The van der Waals surface area contributed by atoms with Crippen LogP contribution in [-0.4, -0.2) is 30.4 Å². The minimum atomic E-state index is -0.444. The Labute approximate surface area is 122 Å². The second-order valence-electron chi connectivity index (χ2n) is 5.73. The number of benzene rings is 1. The summed E-state index contributed by atoms with van der Waals surface area (Å²) >= 11 is 0. The molecule has 2 rings (SSSR count). The van der Waals surface area contributed by atoms with Crippen molar-refractivity contribution >= 4 is 0 Å². The van der Waals surface area contributed by atoms with Gasteiger partial charge in [0.05, 0.1) is 0 Å². The van der Waals surface area contributed by atoms with Crippen LogP contribution >= 0.6 is 0 Å². The maximum absolute atomic E-state index is 9.98. The Bertz CT molecular complexity index is 347. The Kier molecular flexibility index (Phi) is 6.89. The van der Waals surface area contributed by atoms with Crippen LogP contribution in [0, 0.1) is 0 Å². The number of para-hydroxylation sites is 1. The van der Waals surface area contributed by atoms with Crippen LogP contribution < -0.4 is 10.1 Å². The van der Waals surface area contributed by atoms with Crippen molar-refractivity contribution in [3.05, 3.63) is 30.3 Å². The van der Waals surface area contributed by atoms with Crippen molar-refractivity contribution in [3.8, 4) is 5.75 Å². The van der Waals surface area contributed by atoms with E-state index in [1.165, 1.54) is 44.9 Å². The Morgan fingerprint density at radius 3 is 2.40 bits per heavy atom. The summed E-state index contributed by atoms with van der Waals surface area (Å²) in [5.41, 5.74) is 0. The van der Waals surface area contributed by atoms with Crippen LogP contribution in [0.1, 0.15) is 44.9 Å². The van der Waals surface area contributed by atoms with Gasteiger partial charge in [0.25, 0.3) is 0 Å². The van der Waals surface area contributed by atoms with Gasteiger partial charge in [-0.2, -0.15) is 0 Å². The van der Waals surface area contributed by atoms with E-state index < -0.39 is 6.10 Å². The number of aliphatic hydroxyl groups is 1. The molecule has 1 aromatic rings. The fourth-order valence-electron chi connectivity index (χ4n) is 2.73. The molecule has 0 aromatic heterocycles. The first-order valence-corrected chi connectivity index (χ1v) is 7.94. The van der Waals surface area contributed by atoms with Gasteiger partial charge in [-0.25, -0.2) is 0 Å². The summed E-state index contributed by atoms with van der Waals surface area (Å²) in [4.78, 5) is 0. The second-order valence-corrected chi connectivity index (χ2v) is 5.73. The third-order valence-corrected chi connectivity index (χ3v) is 3.93. The Hall–Kier alpha value is -1.06. The van der Waals surface area contributed by atoms with Crippen molar-refractivity contribution in [3.63, 3.8) is 0 Å². The summed E-state index contributed by atoms with van der Waals surface area (Å²) in [7, 11) is 0. The average molecular weight is 277 g/mol. The molecule has 3 heteroatoms. The molecule has 0 saturated heterocycles. The largest absolute Gasteiger partial charge is 0.491 e. The van der Waals surface area contributed by atoms with Crippen LogP contribution in [0.5, 0.6) is 5.75 Å². The molecule has 0 amide bonds. The molecule has 2 N–H and O–H groups in total. The molecule has 1 aliphatic carbocycles. The molecule has 0 spiro atoms. The van der Waals surface area contributed by atoms with Crippen LogP contribution in [0.15, 0.2) is 30.3 Å². The normalized spacial score (nSPS) is 19.1. The zero-order valence-corrected chi connectivity index (χ0v) is 12.3. The van der Waals surface area contributed by atoms with Crippen LogP contribution in [0.2, 0.25) is 0 Å². The van der Waals surface area contributed by atoms with Gasteiger partial charge in [-0.05, 0) is 25.0 Å². The SMILES string of the molecule is OC(CNC1CCCCCCC1)COc1ccccc1. The second kappa shape index (κ2) is 8.98. The van der Waals surface area contributed by atoms with Crippen LogP contribution in [-0.2, 0) is 0 Å². The maximum atomic E-state index is 9.98. The number of hydrogen-bond donors (Lipinski definition) is 2. The molecule has 1 unspecified atom stereocenters. The number of nitrogens with one attached hydrogen (secondary N) is 1. The lowest BCUT2D eigenvalue weighted by molar-refractivity contribution is 0.102. The summed E-state index contributed by atoms with van der Waals surface area (Å²) in [6.45, 7) is 0.973. The maximum Gasteiger partial charge on any atom is 0.119 e. The smallest absolute Gasteiger partial charge is 0.119 e. The van der Waals surface area contributed by atoms with Crippen molar-refractivity contribution in [2.75, 3.05) is 13.2 Å². The predicted octanol–water partition coefficient (Wildman–Crippen LogP) is 3.13. The Balaban J connectivity index is 1.62. The molecule has 1 atom stereocenters. The van der Waals surface area contributed by atoms with Crippen LogP contribution in [0.25, 0.3) is 0 Å². The molecule has 20 heavy (non-hydrogen) atoms. The van der Waals surface area contributed by atoms with E-state index in [0.717, 1.165) is 5.75 Å². The average Bonchev–Trinajstić information content (AvgIpc) is 2.45. The highest BCUT2D eigenvalue weighted by Crippen LogP contribution is 2.17. The Morgan fingerprint density at radius 1 is 1.05 bits per heavy atom. The zero-order chi connectivity index (χ0) is 14.0. The van der Waals surface area contributed by atoms with E-state index in [9.17, 15) is 5.11 Å². The van der Waals surface area contributed by atoms with Gasteiger partial charge in [0.2, 0.25) is 0 Å². The van der Waals surface area contributed by atoms with E-state index in [-0.39, 0.29) is 0 Å². The molecule has 1 aliphatic rings. The molecule has 0 heterocycles. The molecule has 1 saturated carbocycles. The minimum Gasteiger partial charge on any atom is -0.491 e. The van der Waals surface area contributed by atoms with Gasteiger partial charge < -0.3 is 15.2 Å². The van der Waals surface area contributed by atoms with Gasteiger partial charge >= 0.3 is 0 Å². The summed E-state index contributed by atoms with van der Waals surface area (Å²) in [6, 6.07) is 10.2.